The molecule has 2 aliphatic heterocycles. The van der Waals surface area contributed by atoms with Crippen molar-refractivity contribution >= 4 is 23.5 Å². The van der Waals surface area contributed by atoms with Gasteiger partial charge in [-0.05, 0) is 37.7 Å². The molecule has 152 valence electrons. The van der Waals surface area contributed by atoms with E-state index in [1.807, 2.05) is 30.1 Å². The highest BCUT2D eigenvalue weighted by Crippen LogP contribution is 2.28. The molecule has 0 saturated carbocycles. The molecule has 0 aliphatic carbocycles. The van der Waals surface area contributed by atoms with Crippen molar-refractivity contribution < 1.29 is 9.53 Å². The van der Waals surface area contributed by atoms with E-state index < -0.39 is 0 Å². The number of anilines is 1. The van der Waals surface area contributed by atoms with Crippen LogP contribution < -0.4 is 4.90 Å². The van der Waals surface area contributed by atoms with Gasteiger partial charge in [-0.3, -0.25) is 9.36 Å². The summed E-state index contributed by atoms with van der Waals surface area (Å²) in [7, 11) is 1.92. The van der Waals surface area contributed by atoms with Crippen molar-refractivity contribution in [1.29, 1.82) is 0 Å². The third-order valence-corrected chi connectivity index (χ3v) is 6.63. The number of carbonyl (C=O) groups is 1. The van der Waals surface area contributed by atoms with Crippen molar-refractivity contribution in [2.24, 2.45) is 13.0 Å². The zero-order chi connectivity index (χ0) is 19.5. The standard InChI is InChI=1S/C20H29N5O2S/c1-15-5-9-24(10-6-15)19-21-22-20(25(19)13-17-4-3-11-27-17)28-14-18(26)16-7-8-23(2)12-16/h7-8,12,15,17H,3-6,9-11,13-14H2,1-2H3. The van der Waals surface area contributed by atoms with Gasteiger partial charge in [0.15, 0.2) is 10.9 Å². The Morgan fingerprint density at radius 3 is 2.79 bits per heavy atom. The average molecular weight is 404 g/mol. The first-order valence-electron chi connectivity index (χ1n) is 10.2. The van der Waals surface area contributed by atoms with E-state index in [-0.39, 0.29) is 11.9 Å². The van der Waals surface area contributed by atoms with Crippen LogP contribution in [0.1, 0.15) is 43.0 Å². The van der Waals surface area contributed by atoms with E-state index in [1.54, 1.807) is 0 Å². The monoisotopic (exact) mass is 403 g/mol. The largest absolute Gasteiger partial charge is 0.376 e. The Bertz CT molecular complexity index is 803. The summed E-state index contributed by atoms with van der Waals surface area (Å²) in [6.45, 7) is 5.93. The van der Waals surface area contributed by atoms with Gasteiger partial charge in [0, 0.05) is 44.7 Å². The maximum absolute atomic E-state index is 12.5. The van der Waals surface area contributed by atoms with E-state index in [2.05, 4.69) is 26.6 Å². The number of hydrogen-bond acceptors (Lipinski definition) is 6. The van der Waals surface area contributed by atoms with Gasteiger partial charge in [0.25, 0.3) is 0 Å². The van der Waals surface area contributed by atoms with Crippen LogP contribution >= 0.6 is 11.8 Å². The molecule has 2 aromatic rings. The molecule has 7 nitrogen and oxygen atoms in total. The van der Waals surface area contributed by atoms with Gasteiger partial charge in [-0.1, -0.05) is 18.7 Å². The SMILES string of the molecule is CC1CCN(c2nnc(SCC(=O)c3ccn(C)c3)n2CC2CCCO2)CC1. The third-order valence-electron chi connectivity index (χ3n) is 5.66. The van der Waals surface area contributed by atoms with Gasteiger partial charge in [-0.15, -0.1) is 10.2 Å². The number of ketones is 1. The molecule has 28 heavy (non-hydrogen) atoms. The molecular weight excluding hydrogens is 374 g/mol. The minimum absolute atomic E-state index is 0.116. The lowest BCUT2D eigenvalue weighted by Gasteiger charge is -2.31. The van der Waals surface area contributed by atoms with Crippen molar-refractivity contribution in [2.75, 3.05) is 30.3 Å². The number of aryl methyl sites for hydroxylation is 1. The Kier molecular flexibility index (Phi) is 6.06. The number of aromatic nitrogens is 4. The lowest BCUT2D eigenvalue weighted by Crippen LogP contribution is -2.35. The molecule has 0 amide bonds. The molecule has 2 saturated heterocycles. The molecular formula is C20H29N5O2S. The van der Waals surface area contributed by atoms with Crippen LogP contribution in [0.2, 0.25) is 0 Å². The van der Waals surface area contributed by atoms with Gasteiger partial charge in [0.1, 0.15) is 0 Å². The van der Waals surface area contributed by atoms with Crippen molar-refractivity contribution in [3.8, 4) is 0 Å². The minimum atomic E-state index is 0.116. The van der Waals surface area contributed by atoms with Crippen LogP contribution in [0.3, 0.4) is 0 Å². The normalized spacial score (nSPS) is 20.8. The van der Waals surface area contributed by atoms with Crippen LogP contribution in [0.25, 0.3) is 0 Å². The Labute approximate surface area is 170 Å². The number of carbonyl (C=O) groups excluding carboxylic acids is 1. The molecule has 4 rings (SSSR count). The van der Waals surface area contributed by atoms with Crippen molar-refractivity contribution in [2.45, 2.75) is 50.4 Å². The fourth-order valence-electron chi connectivity index (χ4n) is 3.86. The first-order chi connectivity index (χ1) is 13.6. The number of Topliss-reactive ketones (excluding diaryl/α,β-unsaturated/α-hetero) is 1. The average Bonchev–Trinajstić information content (AvgIpc) is 3.43. The van der Waals surface area contributed by atoms with Gasteiger partial charge in [-0.2, -0.15) is 0 Å². The van der Waals surface area contributed by atoms with Gasteiger partial charge in [0.2, 0.25) is 5.95 Å². The molecule has 2 aliphatic rings. The summed E-state index contributed by atoms with van der Waals surface area (Å²) < 4.78 is 9.94. The highest BCUT2D eigenvalue weighted by Gasteiger charge is 2.26. The molecule has 8 heteroatoms. The molecule has 2 fully saturated rings. The summed E-state index contributed by atoms with van der Waals surface area (Å²) in [6, 6.07) is 1.86. The minimum Gasteiger partial charge on any atom is -0.376 e. The molecule has 4 heterocycles. The second kappa shape index (κ2) is 8.69. The Hall–Kier alpha value is -1.80. The summed E-state index contributed by atoms with van der Waals surface area (Å²) in [5.74, 6) is 2.18. The predicted molar refractivity (Wildman–Crippen MR) is 110 cm³/mol. The Balaban J connectivity index is 1.49. The van der Waals surface area contributed by atoms with Crippen LogP contribution in [0.5, 0.6) is 0 Å². The summed E-state index contributed by atoms with van der Waals surface area (Å²) >= 11 is 1.48. The highest BCUT2D eigenvalue weighted by atomic mass is 32.2. The highest BCUT2D eigenvalue weighted by molar-refractivity contribution is 7.99. The van der Waals surface area contributed by atoms with Crippen LogP contribution in [0.4, 0.5) is 5.95 Å². The maximum atomic E-state index is 12.5. The van der Waals surface area contributed by atoms with Gasteiger partial charge < -0.3 is 14.2 Å². The zero-order valence-electron chi connectivity index (χ0n) is 16.7. The van der Waals surface area contributed by atoms with Crippen LogP contribution in [-0.2, 0) is 18.3 Å². The number of ether oxygens (including phenoxy) is 1. The predicted octanol–water partition coefficient (Wildman–Crippen LogP) is 3.01. The second-order valence-corrected chi connectivity index (χ2v) is 8.92. The van der Waals surface area contributed by atoms with E-state index in [1.165, 1.54) is 24.6 Å². The molecule has 0 N–H and O–H groups in total. The molecule has 0 bridgehead atoms. The Morgan fingerprint density at radius 2 is 2.11 bits per heavy atom. The smallest absolute Gasteiger partial charge is 0.228 e. The number of nitrogens with zero attached hydrogens (tertiary/aromatic N) is 5. The van der Waals surface area contributed by atoms with Gasteiger partial charge >= 0.3 is 0 Å². The molecule has 0 spiro atoms. The molecule has 0 aromatic carbocycles. The van der Waals surface area contributed by atoms with E-state index in [4.69, 9.17) is 4.74 Å². The topological polar surface area (TPSA) is 65.2 Å². The van der Waals surface area contributed by atoms with E-state index in [9.17, 15) is 4.79 Å². The van der Waals surface area contributed by atoms with Gasteiger partial charge in [-0.25, -0.2) is 0 Å². The first kappa shape index (κ1) is 19.5. The lowest BCUT2D eigenvalue weighted by atomic mass is 10.00. The van der Waals surface area contributed by atoms with Gasteiger partial charge in [0.05, 0.1) is 18.4 Å². The fraction of sp³-hybridized carbons (Fsp3) is 0.650. The molecule has 2 aromatic heterocycles. The molecule has 1 unspecified atom stereocenters. The van der Waals surface area contributed by atoms with E-state index >= 15 is 0 Å². The summed E-state index contributed by atoms with van der Waals surface area (Å²) in [4.78, 5) is 14.8. The first-order valence-corrected chi connectivity index (χ1v) is 11.2. The summed E-state index contributed by atoms with van der Waals surface area (Å²) in [5, 5.41) is 9.77. The van der Waals surface area contributed by atoms with Crippen molar-refractivity contribution in [3.63, 3.8) is 0 Å². The van der Waals surface area contributed by atoms with Crippen molar-refractivity contribution in [1.82, 2.24) is 19.3 Å². The van der Waals surface area contributed by atoms with Crippen LogP contribution in [0.15, 0.2) is 23.6 Å². The van der Waals surface area contributed by atoms with E-state index in [0.29, 0.717) is 5.75 Å². The number of thioether (sulfide) groups is 1. The summed E-state index contributed by atoms with van der Waals surface area (Å²) in [6.07, 6.45) is 8.51. The number of rotatable bonds is 7. The third kappa shape index (κ3) is 4.43. The molecule has 0 radical (unpaired) electrons. The number of hydrogen-bond donors (Lipinski definition) is 0. The lowest BCUT2D eigenvalue weighted by molar-refractivity contribution is 0.0951. The number of piperidine rings is 1. The van der Waals surface area contributed by atoms with Crippen LogP contribution in [-0.4, -0.2) is 56.7 Å². The second-order valence-electron chi connectivity index (χ2n) is 7.98. The van der Waals surface area contributed by atoms with E-state index in [0.717, 1.165) is 61.7 Å². The fourth-order valence-corrected chi connectivity index (χ4v) is 4.70. The van der Waals surface area contributed by atoms with Crippen molar-refractivity contribution in [3.05, 3.63) is 24.0 Å². The zero-order valence-corrected chi connectivity index (χ0v) is 17.5. The quantitative estimate of drug-likeness (QED) is 0.523. The Morgan fingerprint density at radius 1 is 1.29 bits per heavy atom. The molecule has 1 atom stereocenters. The maximum Gasteiger partial charge on any atom is 0.228 e. The van der Waals surface area contributed by atoms with Crippen LogP contribution in [0, 0.1) is 5.92 Å². The summed E-state index contributed by atoms with van der Waals surface area (Å²) in [5.41, 5.74) is 0.741.